The molecule has 0 radical (unpaired) electrons. The number of aryl methyl sites for hydroxylation is 1. The fourth-order valence-corrected chi connectivity index (χ4v) is 2.24. The zero-order valence-corrected chi connectivity index (χ0v) is 17.1. The first-order valence-corrected chi connectivity index (χ1v) is 9.17. The van der Waals surface area contributed by atoms with Gasteiger partial charge in [-0.05, 0) is 49.7 Å². The van der Waals surface area contributed by atoms with E-state index in [-0.39, 0.29) is 17.2 Å². The van der Waals surface area contributed by atoms with Gasteiger partial charge in [0, 0.05) is 16.8 Å². The highest BCUT2D eigenvalue weighted by Crippen LogP contribution is 2.19. The van der Waals surface area contributed by atoms with E-state index in [1.807, 2.05) is 0 Å². The first-order valence-electron chi connectivity index (χ1n) is 9.17. The maximum atomic E-state index is 13.6. The second-order valence-corrected chi connectivity index (χ2v) is 7.79. The van der Waals surface area contributed by atoms with Crippen LogP contribution in [0.3, 0.4) is 0 Å². The summed E-state index contributed by atoms with van der Waals surface area (Å²) < 4.78 is 18.8. The van der Waals surface area contributed by atoms with Crippen LogP contribution in [-0.4, -0.2) is 23.9 Å². The zero-order chi connectivity index (χ0) is 21.8. The van der Waals surface area contributed by atoms with Gasteiger partial charge < -0.3 is 15.4 Å². The van der Waals surface area contributed by atoms with Gasteiger partial charge in [-0.3, -0.25) is 9.59 Å². The number of ether oxygens (including phenoxy) is 1. The molecule has 0 heterocycles. The molecule has 0 fully saturated rings. The summed E-state index contributed by atoms with van der Waals surface area (Å²) in [4.78, 5) is 36.7. The molecule has 0 aliphatic rings. The van der Waals surface area contributed by atoms with Crippen LogP contribution in [-0.2, 0) is 14.3 Å². The Balaban J connectivity index is 2.01. The van der Waals surface area contributed by atoms with Crippen molar-refractivity contribution in [2.45, 2.75) is 40.7 Å². The van der Waals surface area contributed by atoms with Crippen LogP contribution in [0.25, 0.3) is 0 Å². The van der Waals surface area contributed by atoms with Crippen LogP contribution in [0.1, 0.15) is 43.6 Å². The van der Waals surface area contributed by atoms with E-state index in [0.717, 1.165) is 0 Å². The molecule has 29 heavy (non-hydrogen) atoms. The predicted molar refractivity (Wildman–Crippen MR) is 109 cm³/mol. The molecule has 0 aromatic heterocycles. The van der Waals surface area contributed by atoms with E-state index in [0.29, 0.717) is 11.3 Å². The Morgan fingerprint density at radius 2 is 1.66 bits per heavy atom. The van der Waals surface area contributed by atoms with Gasteiger partial charge in [-0.25, -0.2) is 9.18 Å². The highest BCUT2D eigenvalue weighted by atomic mass is 19.1. The minimum absolute atomic E-state index is 0.192. The number of carbonyl (C=O) groups excluding carboxylic acids is 3. The number of carbonyl (C=O) groups is 3. The summed E-state index contributed by atoms with van der Waals surface area (Å²) >= 11 is 0. The van der Waals surface area contributed by atoms with E-state index >= 15 is 0 Å². The number of amides is 2. The van der Waals surface area contributed by atoms with Crippen molar-refractivity contribution in [2.24, 2.45) is 5.41 Å². The van der Waals surface area contributed by atoms with E-state index in [1.54, 1.807) is 52.0 Å². The molecule has 1 atom stereocenters. The molecule has 0 saturated heterocycles. The van der Waals surface area contributed by atoms with Crippen molar-refractivity contribution in [3.8, 4) is 0 Å². The Hall–Kier alpha value is -3.22. The van der Waals surface area contributed by atoms with Crippen molar-refractivity contribution in [2.75, 3.05) is 10.6 Å². The number of hydrogen-bond acceptors (Lipinski definition) is 4. The van der Waals surface area contributed by atoms with Crippen molar-refractivity contribution in [3.05, 3.63) is 59.4 Å². The minimum Gasteiger partial charge on any atom is -0.449 e. The largest absolute Gasteiger partial charge is 0.449 e. The lowest BCUT2D eigenvalue weighted by atomic mass is 9.95. The highest BCUT2D eigenvalue weighted by molar-refractivity contribution is 5.99. The molecule has 2 amide bonds. The molecule has 0 spiro atoms. The Morgan fingerprint density at radius 1 is 1.00 bits per heavy atom. The Morgan fingerprint density at radius 3 is 2.28 bits per heavy atom. The third-order valence-corrected chi connectivity index (χ3v) is 4.13. The van der Waals surface area contributed by atoms with Crippen LogP contribution in [0, 0.1) is 18.2 Å². The molecule has 154 valence electrons. The van der Waals surface area contributed by atoms with E-state index in [1.165, 1.54) is 25.1 Å². The number of rotatable bonds is 5. The average molecular weight is 400 g/mol. The molecule has 0 bridgehead atoms. The van der Waals surface area contributed by atoms with Gasteiger partial charge in [0.15, 0.2) is 6.10 Å². The van der Waals surface area contributed by atoms with Crippen molar-refractivity contribution in [3.63, 3.8) is 0 Å². The van der Waals surface area contributed by atoms with Gasteiger partial charge in [0.05, 0.1) is 5.56 Å². The zero-order valence-electron chi connectivity index (χ0n) is 17.1. The van der Waals surface area contributed by atoms with E-state index in [2.05, 4.69) is 10.6 Å². The lowest BCUT2D eigenvalue weighted by molar-refractivity contribution is -0.124. The standard InChI is InChI=1S/C22H25FN2O4/c1-13-9-10-17(12-18(13)23)24-19(26)14(2)29-20(27)15-7-6-8-16(11-15)25-21(28)22(3,4)5/h6-12,14H,1-5H3,(H,24,26)(H,25,28). The third kappa shape index (κ3) is 6.14. The quantitative estimate of drug-likeness (QED) is 0.733. The SMILES string of the molecule is Cc1ccc(NC(=O)C(C)OC(=O)c2cccc(NC(=O)C(C)(C)C)c2)cc1F. The maximum Gasteiger partial charge on any atom is 0.338 e. The van der Waals surface area contributed by atoms with Gasteiger partial charge in [0.2, 0.25) is 5.91 Å². The molecular weight excluding hydrogens is 375 g/mol. The van der Waals surface area contributed by atoms with E-state index in [9.17, 15) is 18.8 Å². The molecule has 0 aliphatic carbocycles. The van der Waals surface area contributed by atoms with Crippen LogP contribution in [0.2, 0.25) is 0 Å². The monoisotopic (exact) mass is 400 g/mol. The fourth-order valence-electron chi connectivity index (χ4n) is 2.24. The normalized spacial score (nSPS) is 12.1. The van der Waals surface area contributed by atoms with Gasteiger partial charge in [-0.1, -0.05) is 32.9 Å². The predicted octanol–water partition coefficient (Wildman–Crippen LogP) is 4.30. The second-order valence-electron chi connectivity index (χ2n) is 7.79. The van der Waals surface area contributed by atoms with Gasteiger partial charge in [-0.15, -0.1) is 0 Å². The summed E-state index contributed by atoms with van der Waals surface area (Å²) in [7, 11) is 0. The molecular formula is C22H25FN2O4. The number of benzene rings is 2. The van der Waals surface area contributed by atoms with Crippen LogP contribution >= 0.6 is 0 Å². The van der Waals surface area contributed by atoms with Crippen molar-refractivity contribution >= 4 is 29.2 Å². The van der Waals surface area contributed by atoms with Gasteiger partial charge in [-0.2, -0.15) is 0 Å². The minimum atomic E-state index is -1.10. The van der Waals surface area contributed by atoms with Crippen LogP contribution in [0.15, 0.2) is 42.5 Å². The van der Waals surface area contributed by atoms with Crippen molar-refractivity contribution in [1.29, 1.82) is 0 Å². The van der Waals surface area contributed by atoms with Crippen LogP contribution in [0.5, 0.6) is 0 Å². The van der Waals surface area contributed by atoms with Gasteiger partial charge >= 0.3 is 5.97 Å². The van der Waals surface area contributed by atoms with E-state index in [4.69, 9.17) is 4.74 Å². The van der Waals surface area contributed by atoms with Gasteiger partial charge in [0.1, 0.15) is 5.82 Å². The van der Waals surface area contributed by atoms with Crippen molar-refractivity contribution < 1.29 is 23.5 Å². The average Bonchev–Trinajstić information content (AvgIpc) is 2.64. The lowest BCUT2D eigenvalue weighted by Gasteiger charge is -2.18. The summed E-state index contributed by atoms with van der Waals surface area (Å²) in [6.07, 6.45) is -1.10. The maximum absolute atomic E-state index is 13.6. The summed E-state index contributed by atoms with van der Waals surface area (Å²) in [5.74, 6) is -1.93. The smallest absolute Gasteiger partial charge is 0.338 e. The molecule has 0 aliphatic heterocycles. The second kappa shape index (κ2) is 8.86. The molecule has 6 nitrogen and oxygen atoms in total. The molecule has 0 saturated carbocycles. The fraction of sp³-hybridized carbons (Fsp3) is 0.318. The summed E-state index contributed by atoms with van der Waals surface area (Å²) in [5.41, 5.74) is 0.789. The lowest BCUT2D eigenvalue weighted by Crippen LogP contribution is -2.30. The number of anilines is 2. The van der Waals surface area contributed by atoms with Gasteiger partial charge in [0.25, 0.3) is 5.91 Å². The number of hydrogen-bond donors (Lipinski definition) is 2. The van der Waals surface area contributed by atoms with Crippen LogP contribution < -0.4 is 10.6 Å². The molecule has 2 aromatic rings. The summed E-state index contributed by atoms with van der Waals surface area (Å²) in [5, 5.41) is 5.24. The first-order chi connectivity index (χ1) is 13.5. The molecule has 2 aromatic carbocycles. The van der Waals surface area contributed by atoms with Crippen LogP contribution in [0.4, 0.5) is 15.8 Å². The Kier molecular flexibility index (Phi) is 6.74. The number of nitrogens with one attached hydrogen (secondary N) is 2. The molecule has 2 N–H and O–H groups in total. The summed E-state index contributed by atoms with van der Waals surface area (Å²) in [6, 6.07) is 10.6. The topological polar surface area (TPSA) is 84.5 Å². The van der Waals surface area contributed by atoms with E-state index < -0.39 is 29.2 Å². The van der Waals surface area contributed by atoms with Crippen molar-refractivity contribution in [1.82, 2.24) is 0 Å². The molecule has 1 unspecified atom stereocenters. The molecule has 2 rings (SSSR count). The number of esters is 1. The summed E-state index contributed by atoms with van der Waals surface area (Å²) in [6.45, 7) is 8.37. The Bertz CT molecular complexity index is 935. The third-order valence-electron chi connectivity index (χ3n) is 4.13. The Labute approximate surface area is 169 Å². The molecule has 7 heteroatoms. The first kappa shape index (κ1) is 22.1. The number of halogens is 1. The highest BCUT2D eigenvalue weighted by Gasteiger charge is 2.22.